The summed E-state index contributed by atoms with van der Waals surface area (Å²) < 4.78 is 14.7. The number of rotatable bonds is 6. The van der Waals surface area contributed by atoms with Crippen LogP contribution < -0.4 is 10.6 Å². The molecule has 1 atom stereocenters. The van der Waals surface area contributed by atoms with Crippen LogP contribution in [0.3, 0.4) is 0 Å². The molecule has 0 aliphatic heterocycles. The number of amides is 1. The van der Waals surface area contributed by atoms with E-state index in [0.717, 1.165) is 0 Å². The molecule has 0 spiro atoms. The Hall–Kier alpha value is -1.90. The highest BCUT2D eigenvalue weighted by Crippen LogP contribution is 2.26. The second kappa shape index (κ2) is 8.98. The van der Waals surface area contributed by atoms with Crippen molar-refractivity contribution >= 4 is 39.2 Å². The molecule has 0 fully saturated rings. The summed E-state index contributed by atoms with van der Waals surface area (Å²) in [6.45, 7) is -1.14. The molecular formula is C17H17BrFN3O2S. The predicted octanol–water partition coefficient (Wildman–Crippen LogP) is 2.70. The minimum absolute atomic E-state index is 0.0360. The lowest BCUT2D eigenvalue weighted by atomic mass is 9.92. The van der Waals surface area contributed by atoms with Gasteiger partial charge in [0.15, 0.2) is 5.11 Å². The fourth-order valence-electron chi connectivity index (χ4n) is 2.29. The zero-order chi connectivity index (χ0) is 18.3. The van der Waals surface area contributed by atoms with Gasteiger partial charge >= 0.3 is 0 Å². The van der Waals surface area contributed by atoms with Crippen LogP contribution >= 0.6 is 28.1 Å². The van der Waals surface area contributed by atoms with Crippen LogP contribution in [0.4, 0.5) is 4.39 Å². The number of aromatic nitrogens is 1. The van der Waals surface area contributed by atoms with Crippen LogP contribution in [-0.2, 0) is 5.54 Å². The van der Waals surface area contributed by atoms with Crippen LogP contribution in [0.1, 0.15) is 22.5 Å². The first kappa shape index (κ1) is 19.4. The first-order valence-corrected chi connectivity index (χ1v) is 8.68. The van der Waals surface area contributed by atoms with E-state index >= 15 is 0 Å². The third kappa shape index (κ3) is 5.04. The zero-order valence-electron chi connectivity index (χ0n) is 13.2. The Balaban J connectivity index is 2.19. The lowest BCUT2D eigenvalue weighted by molar-refractivity contribution is 0.0974. The Morgan fingerprint density at radius 3 is 2.64 bits per heavy atom. The number of carbonyl (C=O) groups is 1. The molecule has 132 valence electrons. The van der Waals surface area contributed by atoms with E-state index in [0.29, 0.717) is 15.7 Å². The number of carbonyl (C=O) groups excluding carboxylic acids is 1. The molecule has 2 aromatic rings. The predicted molar refractivity (Wildman–Crippen MR) is 101 cm³/mol. The highest BCUT2D eigenvalue weighted by atomic mass is 79.9. The molecule has 0 bridgehead atoms. The van der Waals surface area contributed by atoms with Crippen LogP contribution in [0.2, 0.25) is 0 Å². The van der Waals surface area contributed by atoms with Crippen molar-refractivity contribution in [3.05, 3.63) is 64.4 Å². The molecule has 0 aliphatic rings. The van der Waals surface area contributed by atoms with E-state index in [1.807, 2.05) is 0 Å². The molecule has 5 nitrogen and oxygen atoms in total. The number of nitrogens with zero attached hydrogens (tertiary/aromatic N) is 1. The van der Waals surface area contributed by atoms with Crippen molar-refractivity contribution in [1.29, 1.82) is 0 Å². The second-order valence-corrected chi connectivity index (χ2v) is 6.65. The number of aliphatic hydroxyl groups excluding tert-OH is 1. The van der Waals surface area contributed by atoms with E-state index < -0.39 is 18.1 Å². The van der Waals surface area contributed by atoms with Crippen LogP contribution in [0, 0.1) is 0 Å². The van der Waals surface area contributed by atoms with Gasteiger partial charge in [-0.05, 0) is 36.5 Å². The van der Waals surface area contributed by atoms with Crippen LogP contribution in [0.15, 0.2) is 53.1 Å². The molecular weight excluding hydrogens is 409 g/mol. The van der Waals surface area contributed by atoms with Gasteiger partial charge in [-0.2, -0.15) is 0 Å². The van der Waals surface area contributed by atoms with Crippen LogP contribution in [0.25, 0.3) is 0 Å². The number of hydrogen-bond acceptors (Lipinski definition) is 4. The standard InChI is InChI=1S/C17H17BrFN3O2S/c18-13-6-8-20-14(10-13)17(11-19,7-9-23)22-16(25)21-15(24)12-4-2-1-3-5-12/h1-6,8,10,23H,7,9,11H2,(H2,21,22,24,25)/t17-/m1/s1. The quantitative estimate of drug-likeness (QED) is 0.620. The highest BCUT2D eigenvalue weighted by molar-refractivity contribution is 9.10. The first-order valence-electron chi connectivity index (χ1n) is 7.48. The summed E-state index contributed by atoms with van der Waals surface area (Å²) in [4.78, 5) is 16.3. The Morgan fingerprint density at radius 2 is 2.04 bits per heavy atom. The Bertz CT molecular complexity index is 748. The molecule has 0 unspecified atom stereocenters. The topological polar surface area (TPSA) is 74.2 Å². The van der Waals surface area contributed by atoms with Gasteiger partial charge in [-0.3, -0.25) is 15.1 Å². The van der Waals surface area contributed by atoms with Crippen LogP contribution in [-0.4, -0.2) is 34.4 Å². The van der Waals surface area contributed by atoms with Crippen molar-refractivity contribution in [2.24, 2.45) is 0 Å². The number of alkyl halides is 1. The third-order valence-corrected chi connectivity index (χ3v) is 4.29. The van der Waals surface area contributed by atoms with Gasteiger partial charge in [-0.15, -0.1) is 0 Å². The summed E-state index contributed by atoms with van der Waals surface area (Å²) in [6, 6.07) is 11.9. The lowest BCUT2D eigenvalue weighted by Gasteiger charge is -2.32. The minimum Gasteiger partial charge on any atom is -0.396 e. The Labute approximate surface area is 158 Å². The van der Waals surface area contributed by atoms with E-state index in [1.165, 1.54) is 6.20 Å². The molecule has 0 saturated carbocycles. The average Bonchev–Trinajstić information content (AvgIpc) is 2.62. The van der Waals surface area contributed by atoms with Crippen molar-refractivity contribution < 1.29 is 14.3 Å². The molecule has 2 rings (SSSR count). The molecule has 1 aromatic carbocycles. The van der Waals surface area contributed by atoms with Crippen molar-refractivity contribution in [3.8, 4) is 0 Å². The zero-order valence-corrected chi connectivity index (χ0v) is 15.6. The fourth-order valence-corrected chi connectivity index (χ4v) is 2.92. The number of aliphatic hydroxyl groups is 1. The van der Waals surface area contributed by atoms with Gasteiger partial charge in [0.05, 0.1) is 5.69 Å². The SMILES string of the molecule is O=C(NC(=S)N[C@@](CF)(CCO)c1cc(Br)ccn1)c1ccccc1. The second-order valence-electron chi connectivity index (χ2n) is 5.32. The smallest absolute Gasteiger partial charge is 0.257 e. The Morgan fingerprint density at radius 1 is 1.32 bits per heavy atom. The van der Waals surface area contributed by atoms with E-state index in [1.54, 1.807) is 42.5 Å². The molecule has 1 amide bonds. The normalized spacial score (nSPS) is 12.9. The molecule has 0 radical (unpaired) electrons. The van der Waals surface area contributed by atoms with E-state index in [-0.39, 0.29) is 18.1 Å². The van der Waals surface area contributed by atoms with Crippen molar-refractivity contribution in [1.82, 2.24) is 15.6 Å². The van der Waals surface area contributed by atoms with Crippen molar-refractivity contribution in [3.63, 3.8) is 0 Å². The highest BCUT2D eigenvalue weighted by Gasteiger charge is 2.35. The number of benzene rings is 1. The summed E-state index contributed by atoms with van der Waals surface area (Å²) in [5.41, 5.74) is -0.533. The lowest BCUT2D eigenvalue weighted by Crippen LogP contribution is -2.53. The maximum absolute atomic E-state index is 13.9. The molecule has 3 N–H and O–H groups in total. The monoisotopic (exact) mass is 425 g/mol. The number of nitrogens with one attached hydrogen (secondary N) is 2. The summed E-state index contributed by atoms with van der Waals surface area (Å²) >= 11 is 8.48. The average molecular weight is 426 g/mol. The van der Waals surface area contributed by atoms with Gasteiger partial charge in [-0.25, -0.2) is 4.39 Å². The summed E-state index contributed by atoms with van der Waals surface area (Å²) in [6.07, 6.45) is 1.56. The van der Waals surface area contributed by atoms with Gasteiger partial charge < -0.3 is 10.4 Å². The van der Waals surface area contributed by atoms with E-state index in [9.17, 15) is 14.3 Å². The van der Waals surface area contributed by atoms with Gasteiger partial charge in [0.2, 0.25) is 0 Å². The third-order valence-electron chi connectivity index (χ3n) is 3.59. The van der Waals surface area contributed by atoms with Crippen molar-refractivity contribution in [2.75, 3.05) is 13.3 Å². The van der Waals surface area contributed by atoms with Gasteiger partial charge in [0, 0.05) is 29.3 Å². The number of thiocarbonyl (C=S) groups is 1. The van der Waals surface area contributed by atoms with E-state index in [2.05, 4.69) is 31.5 Å². The maximum atomic E-state index is 13.9. The van der Waals surface area contributed by atoms with Crippen LogP contribution in [0.5, 0.6) is 0 Å². The van der Waals surface area contributed by atoms with Gasteiger partial charge in [-0.1, -0.05) is 34.1 Å². The Kier molecular flexibility index (Phi) is 6.98. The van der Waals surface area contributed by atoms with E-state index in [4.69, 9.17) is 12.2 Å². The van der Waals surface area contributed by atoms with Gasteiger partial charge in [0.25, 0.3) is 5.91 Å². The van der Waals surface area contributed by atoms with Gasteiger partial charge in [0.1, 0.15) is 12.2 Å². The fraction of sp³-hybridized carbons (Fsp3) is 0.235. The molecule has 1 aromatic heterocycles. The first-order chi connectivity index (χ1) is 12.0. The minimum atomic E-state index is -1.33. The molecule has 0 aliphatic carbocycles. The number of pyridine rings is 1. The molecule has 25 heavy (non-hydrogen) atoms. The molecule has 0 saturated heterocycles. The maximum Gasteiger partial charge on any atom is 0.257 e. The number of hydrogen-bond donors (Lipinski definition) is 3. The molecule has 1 heterocycles. The van der Waals surface area contributed by atoms with Crippen molar-refractivity contribution in [2.45, 2.75) is 12.0 Å². The largest absolute Gasteiger partial charge is 0.396 e. The molecule has 8 heteroatoms. The summed E-state index contributed by atoms with van der Waals surface area (Å²) in [5.74, 6) is -0.406. The summed E-state index contributed by atoms with van der Waals surface area (Å²) in [7, 11) is 0. The number of halogens is 2. The summed E-state index contributed by atoms with van der Waals surface area (Å²) in [5, 5.41) is 14.6.